The van der Waals surface area contributed by atoms with Gasteiger partial charge in [-0.3, -0.25) is 9.59 Å². The van der Waals surface area contributed by atoms with Crippen LogP contribution in [0.1, 0.15) is 55.6 Å². The topological polar surface area (TPSA) is 93.1 Å². The number of ketones is 1. The third kappa shape index (κ3) is 6.52. The van der Waals surface area contributed by atoms with E-state index < -0.39 is 5.97 Å². The minimum atomic E-state index is -0.921. The quantitative estimate of drug-likeness (QED) is 0.572. The lowest BCUT2D eigenvalue weighted by molar-refractivity contribution is -0.136. The number of aryl methyl sites for hydroxylation is 1. The van der Waals surface area contributed by atoms with Crippen molar-refractivity contribution in [3.8, 4) is 17.2 Å². The maximum absolute atomic E-state index is 12.9. The minimum Gasteiger partial charge on any atom is -0.507 e. The Morgan fingerprint density at radius 1 is 1.03 bits per heavy atom. The number of carboxylic acids is 1. The lowest BCUT2D eigenvalue weighted by Gasteiger charge is -2.15. The molecule has 0 aliphatic carbocycles. The van der Waals surface area contributed by atoms with E-state index in [1.807, 2.05) is 27.7 Å². The van der Waals surface area contributed by atoms with Crippen molar-refractivity contribution in [1.82, 2.24) is 0 Å². The highest BCUT2D eigenvalue weighted by Crippen LogP contribution is 2.29. The second-order valence-corrected chi connectivity index (χ2v) is 7.60. The van der Waals surface area contributed by atoms with Crippen LogP contribution in [0.3, 0.4) is 0 Å². The van der Waals surface area contributed by atoms with Gasteiger partial charge in [0, 0.05) is 18.1 Å². The largest absolute Gasteiger partial charge is 0.507 e. The van der Waals surface area contributed by atoms with E-state index in [-0.39, 0.29) is 36.0 Å². The van der Waals surface area contributed by atoms with Crippen molar-refractivity contribution in [2.75, 3.05) is 6.61 Å². The van der Waals surface area contributed by atoms with Crippen LogP contribution in [0, 0.1) is 5.92 Å². The zero-order valence-electron chi connectivity index (χ0n) is 17.3. The smallest absolute Gasteiger partial charge is 0.303 e. The van der Waals surface area contributed by atoms with Gasteiger partial charge in [0.25, 0.3) is 0 Å². The Morgan fingerprint density at radius 3 is 2.34 bits per heavy atom. The molecule has 0 saturated carbocycles. The molecule has 6 heteroatoms. The monoisotopic (exact) mass is 400 g/mol. The number of ether oxygens (including phenoxy) is 2. The SMILES string of the molecule is CC(C)COc1ccc(C(=O)c2ccc(OC(C)C)cc2O)cc1CCC(=O)O. The lowest BCUT2D eigenvalue weighted by Crippen LogP contribution is -2.09. The van der Waals surface area contributed by atoms with E-state index in [1.54, 1.807) is 24.3 Å². The van der Waals surface area contributed by atoms with Gasteiger partial charge in [-0.05, 0) is 62.1 Å². The molecule has 0 aliphatic rings. The van der Waals surface area contributed by atoms with Gasteiger partial charge in [0.1, 0.15) is 17.2 Å². The van der Waals surface area contributed by atoms with Gasteiger partial charge in [-0.1, -0.05) is 13.8 Å². The van der Waals surface area contributed by atoms with E-state index in [2.05, 4.69) is 0 Å². The summed E-state index contributed by atoms with van der Waals surface area (Å²) in [5, 5.41) is 19.3. The Morgan fingerprint density at radius 2 is 1.76 bits per heavy atom. The summed E-state index contributed by atoms with van der Waals surface area (Å²) in [7, 11) is 0. The standard InChI is InChI=1S/C23H28O6/c1-14(2)13-28-21-9-5-17(11-16(21)6-10-22(25)26)23(27)19-8-7-18(12-20(19)24)29-15(3)4/h5,7-9,11-12,14-15,24H,6,10,13H2,1-4H3,(H,25,26). The number of hydrogen-bond donors (Lipinski definition) is 2. The van der Waals surface area contributed by atoms with Crippen LogP contribution in [0.15, 0.2) is 36.4 Å². The molecule has 0 saturated heterocycles. The predicted molar refractivity (Wildman–Crippen MR) is 110 cm³/mol. The van der Waals surface area contributed by atoms with Crippen molar-refractivity contribution in [2.24, 2.45) is 5.92 Å². The Balaban J connectivity index is 2.31. The molecule has 2 aromatic carbocycles. The fourth-order valence-corrected chi connectivity index (χ4v) is 2.76. The second-order valence-electron chi connectivity index (χ2n) is 7.60. The number of rotatable bonds is 10. The van der Waals surface area contributed by atoms with Gasteiger partial charge < -0.3 is 19.7 Å². The Hall–Kier alpha value is -3.02. The van der Waals surface area contributed by atoms with Gasteiger partial charge >= 0.3 is 5.97 Å². The molecule has 2 N–H and O–H groups in total. The van der Waals surface area contributed by atoms with Crippen molar-refractivity contribution in [3.05, 3.63) is 53.1 Å². The number of benzene rings is 2. The zero-order chi connectivity index (χ0) is 21.6. The highest BCUT2D eigenvalue weighted by molar-refractivity contribution is 6.10. The number of carboxylic acid groups (broad SMARTS) is 1. The van der Waals surface area contributed by atoms with Crippen LogP contribution in [0.2, 0.25) is 0 Å². The molecular weight excluding hydrogens is 372 g/mol. The molecule has 2 aromatic rings. The average molecular weight is 400 g/mol. The maximum atomic E-state index is 12.9. The molecular formula is C23H28O6. The Kier molecular flexibility index (Phi) is 7.65. The number of hydrogen-bond acceptors (Lipinski definition) is 5. The molecule has 0 aromatic heterocycles. The third-order valence-electron chi connectivity index (χ3n) is 4.09. The first kappa shape index (κ1) is 22.3. The molecule has 0 unspecified atom stereocenters. The molecule has 0 aliphatic heterocycles. The molecule has 0 spiro atoms. The van der Waals surface area contributed by atoms with Crippen molar-refractivity contribution in [1.29, 1.82) is 0 Å². The summed E-state index contributed by atoms with van der Waals surface area (Å²) in [5.74, 6) is -0.0805. The van der Waals surface area contributed by atoms with Crippen LogP contribution in [0.5, 0.6) is 17.2 Å². The number of aromatic hydroxyl groups is 1. The fourth-order valence-electron chi connectivity index (χ4n) is 2.76. The predicted octanol–water partition coefficient (Wildman–Crippen LogP) is 4.46. The summed E-state index contributed by atoms with van der Waals surface area (Å²) < 4.78 is 11.3. The van der Waals surface area contributed by atoms with E-state index in [4.69, 9.17) is 14.6 Å². The average Bonchev–Trinajstić information content (AvgIpc) is 2.64. The van der Waals surface area contributed by atoms with Crippen molar-refractivity contribution >= 4 is 11.8 Å². The third-order valence-corrected chi connectivity index (χ3v) is 4.09. The Bertz CT molecular complexity index is 870. The number of phenolic OH excluding ortho intramolecular Hbond substituents is 1. The molecule has 0 heterocycles. The lowest BCUT2D eigenvalue weighted by atomic mass is 9.98. The summed E-state index contributed by atoms with van der Waals surface area (Å²) in [6.45, 7) is 8.27. The molecule has 0 radical (unpaired) electrons. The summed E-state index contributed by atoms with van der Waals surface area (Å²) in [6.07, 6.45) is 0.130. The minimum absolute atomic E-state index is 0.0499. The van der Waals surface area contributed by atoms with Crippen molar-refractivity contribution in [3.63, 3.8) is 0 Å². The van der Waals surface area contributed by atoms with Crippen LogP contribution in [0.25, 0.3) is 0 Å². The van der Waals surface area contributed by atoms with Gasteiger partial charge in [-0.2, -0.15) is 0 Å². The van der Waals surface area contributed by atoms with Gasteiger partial charge in [0.2, 0.25) is 0 Å². The number of aliphatic carboxylic acids is 1. The maximum Gasteiger partial charge on any atom is 0.303 e. The Labute approximate surface area is 171 Å². The van der Waals surface area contributed by atoms with E-state index in [0.717, 1.165) is 0 Å². The van der Waals surface area contributed by atoms with Gasteiger partial charge in [0.05, 0.1) is 18.3 Å². The molecule has 2 rings (SSSR count). The second kappa shape index (κ2) is 9.96. The van der Waals surface area contributed by atoms with Crippen LogP contribution in [-0.2, 0) is 11.2 Å². The van der Waals surface area contributed by atoms with Crippen LogP contribution in [-0.4, -0.2) is 34.7 Å². The molecule has 0 amide bonds. The number of carbonyl (C=O) groups is 2. The van der Waals surface area contributed by atoms with Crippen LogP contribution in [0.4, 0.5) is 0 Å². The summed E-state index contributed by atoms with van der Waals surface area (Å²) >= 11 is 0. The van der Waals surface area contributed by atoms with Gasteiger partial charge in [-0.25, -0.2) is 0 Å². The molecule has 0 bridgehead atoms. The fraction of sp³-hybridized carbons (Fsp3) is 0.391. The van der Waals surface area contributed by atoms with Gasteiger partial charge in [0.15, 0.2) is 5.78 Å². The molecule has 0 fully saturated rings. The summed E-state index contributed by atoms with van der Waals surface area (Å²) in [5.41, 5.74) is 1.16. The zero-order valence-corrected chi connectivity index (χ0v) is 17.3. The van der Waals surface area contributed by atoms with Crippen LogP contribution >= 0.6 is 0 Å². The first-order valence-electron chi connectivity index (χ1n) is 9.69. The highest BCUT2D eigenvalue weighted by atomic mass is 16.5. The van der Waals surface area contributed by atoms with Crippen molar-refractivity contribution < 1.29 is 29.3 Å². The molecule has 29 heavy (non-hydrogen) atoms. The highest BCUT2D eigenvalue weighted by Gasteiger charge is 2.17. The van der Waals surface area contributed by atoms with E-state index in [1.165, 1.54) is 12.1 Å². The summed E-state index contributed by atoms with van der Waals surface area (Å²) in [6, 6.07) is 9.52. The first-order valence-corrected chi connectivity index (χ1v) is 9.69. The molecule has 6 nitrogen and oxygen atoms in total. The first-order chi connectivity index (χ1) is 13.7. The van der Waals surface area contributed by atoms with E-state index in [0.29, 0.717) is 35.2 Å². The summed E-state index contributed by atoms with van der Waals surface area (Å²) in [4.78, 5) is 23.9. The number of carbonyl (C=O) groups excluding carboxylic acids is 1. The van der Waals surface area contributed by atoms with Crippen LogP contribution < -0.4 is 9.47 Å². The normalized spacial score (nSPS) is 11.0. The number of phenols is 1. The van der Waals surface area contributed by atoms with E-state index >= 15 is 0 Å². The van der Waals surface area contributed by atoms with Gasteiger partial charge in [-0.15, -0.1) is 0 Å². The molecule has 0 atom stereocenters. The molecule has 156 valence electrons. The van der Waals surface area contributed by atoms with E-state index in [9.17, 15) is 14.7 Å². The van der Waals surface area contributed by atoms with Crippen molar-refractivity contribution in [2.45, 2.75) is 46.6 Å².